The Kier molecular flexibility index (Phi) is 9.05. The Bertz CT molecular complexity index is 948. The van der Waals surface area contributed by atoms with Crippen LogP contribution in [0.2, 0.25) is 0 Å². The molecule has 0 heterocycles. The molecule has 1 aliphatic rings. The molecule has 3 rings (SSSR count). The van der Waals surface area contributed by atoms with E-state index in [0.717, 1.165) is 24.7 Å². The van der Waals surface area contributed by atoms with Crippen molar-refractivity contribution in [2.75, 3.05) is 0 Å². The molecule has 1 aliphatic carbocycles. The van der Waals surface area contributed by atoms with E-state index in [1.165, 1.54) is 55.7 Å². The minimum atomic E-state index is -0.430. The van der Waals surface area contributed by atoms with Gasteiger partial charge >= 0.3 is 11.9 Å². The standard InChI is InChI=1S/C29H34O4/c1-4-28(30)32-26-17-13-24(14-18-26)11-9-22-5-7-23(8-6-22)10-12-25-15-19-27(20-16-25)33-29(31)21(2)3/h4,13-20,22-23H,1-2,5-12H2,3H3. The summed E-state index contributed by atoms with van der Waals surface area (Å²) in [6.07, 6.45) is 10.9. The zero-order valence-corrected chi connectivity index (χ0v) is 19.6. The highest BCUT2D eigenvalue weighted by atomic mass is 16.5. The SMILES string of the molecule is C=CC(=O)Oc1ccc(CCC2CCC(CCc3ccc(OC(=O)C(=C)C)cc3)CC2)cc1. The minimum absolute atomic E-state index is 0.384. The van der Waals surface area contributed by atoms with Gasteiger partial charge in [0.25, 0.3) is 0 Å². The fourth-order valence-corrected chi connectivity index (χ4v) is 4.35. The van der Waals surface area contributed by atoms with Crippen LogP contribution in [0.5, 0.6) is 11.5 Å². The first-order chi connectivity index (χ1) is 15.9. The molecule has 0 amide bonds. The Labute approximate surface area is 197 Å². The lowest BCUT2D eigenvalue weighted by atomic mass is 9.77. The fraction of sp³-hybridized carbons (Fsp3) is 0.379. The van der Waals surface area contributed by atoms with Gasteiger partial charge in [0.2, 0.25) is 0 Å². The third-order valence-electron chi connectivity index (χ3n) is 6.44. The Balaban J connectivity index is 1.34. The second-order valence-electron chi connectivity index (χ2n) is 9.05. The summed E-state index contributed by atoms with van der Waals surface area (Å²) in [5, 5.41) is 0. The van der Waals surface area contributed by atoms with Gasteiger partial charge in [-0.25, -0.2) is 9.59 Å². The van der Waals surface area contributed by atoms with E-state index in [1.54, 1.807) is 6.92 Å². The van der Waals surface area contributed by atoms with Gasteiger partial charge in [-0.05, 0) is 79.8 Å². The van der Waals surface area contributed by atoms with Crippen molar-refractivity contribution in [2.24, 2.45) is 11.8 Å². The van der Waals surface area contributed by atoms with Crippen molar-refractivity contribution in [3.05, 3.63) is 84.5 Å². The van der Waals surface area contributed by atoms with Gasteiger partial charge in [-0.3, -0.25) is 0 Å². The lowest BCUT2D eigenvalue weighted by molar-refractivity contribution is -0.130. The largest absolute Gasteiger partial charge is 0.423 e. The molecule has 2 aromatic rings. The summed E-state index contributed by atoms with van der Waals surface area (Å²) >= 11 is 0. The number of carbonyl (C=O) groups excluding carboxylic acids is 2. The van der Waals surface area contributed by atoms with Crippen LogP contribution < -0.4 is 9.47 Å². The van der Waals surface area contributed by atoms with E-state index >= 15 is 0 Å². The molecule has 0 spiro atoms. The predicted molar refractivity (Wildman–Crippen MR) is 131 cm³/mol. The number of esters is 2. The molecule has 0 N–H and O–H groups in total. The number of hydrogen-bond donors (Lipinski definition) is 0. The highest BCUT2D eigenvalue weighted by Gasteiger charge is 2.21. The van der Waals surface area contributed by atoms with Crippen LogP contribution in [0.3, 0.4) is 0 Å². The summed E-state index contributed by atoms with van der Waals surface area (Å²) < 4.78 is 10.4. The smallest absolute Gasteiger partial charge is 0.338 e. The van der Waals surface area contributed by atoms with Crippen LogP contribution in [0.25, 0.3) is 0 Å². The molecular weight excluding hydrogens is 412 g/mol. The van der Waals surface area contributed by atoms with Crippen molar-refractivity contribution in [3.8, 4) is 11.5 Å². The summed E-state index contributed by atoms with van der Waals surface area (Å²) in [5.74, 6) is 1.90. The number of carbonyl (C=O) groups is 2. The minimum Gasteiger partial charge on any atom is -0.423 e. The molecule has 0 aromatic heterocycles. The maximum absolute atomic E-state index is 11.6. The molecular formula is C29H34O4. The van der Waals surface area contributed by atoms with Crippen LogP contribution in [0.4, 0.5) is 0 Å². The number of hydrogen-bond acceptors (Lipinski definition) is 4. The first-order valence-corrected chi connectivity index (χ1v) is 11.8. The van der Waals surface area contributed by atoms with Gasteiger partial charge < -0.3 is 9.47 Å². The summed E-state index contributed by atoms with van der Waals surface area (Å²) in [7, 11) is 0. The van der Waals surface area contributed by atoms with Crippen molar-refractivity contribution in [1.29, 1.82) is 0 Å². The van der Waals surface area contributed by atoms with Crippen LogP contribution in [0.15, 0.2) is 73.3 Å². The summed E-state index contributed by atoms with van der Waals surface area (Å²) in [6.45, 7) is 8.66. The zero-order chi connectivity index (χ0) is 23.6. The Morgan fingerprint density at radius 2 is 1.24 bits per heavy atom. The summed E-state index contributed by atoms with van der Waals surface area (Å²) in [6, 6.07) is 15.6. The molecule has 0 radical (unpaired) electrons. The molecule has 0 aliphatic heterocycles. The quantitative estimate of drug-likeness (QED) is 0.233. The van der Waals surface area contributed by atoms with E-state index in [4.69, 9.17) is 9.47 Å². The van der Waals surface area contributed by atoms with Crippen LogP contribution in [0.1, 0.15) is 56.6 Å². The van der Waals surface area contributed by atoms with Gasteiger partial charge in [0, 0.05) is 11.6 Å². The number of rotatable bonds is 10. The van der Waals surface area contributed by atoms with Crippen LogP contribution in [-0.2, 0) is 22.4 Å². The second-order valence-corrected chi connectivity index (χ2v) is 9.05. The summed E-state index contributed by atoms with van der Waals surface area (Å²) in [4.78, 5) is 22.9. The fourth-order valence-electron chi connectivity index (χ4n) is 4.35. The van der Waals surface area contributed by atoms with Gasteiger partial charge in [0.05, 0.1) is 0 Å². The first-order valence-electron chi connectivity index (χ1n) is 11.8. The van der Waals surface area contributed by atoms with Gasteiger partial charge in [0.1, 0.15) is 11.5 Å². The van der Waals surface area contributed by atoms with Crippen LogP contribution in [-0.4, -0.2) is 11.9 Å². The molecule has 0 atom stereocenters. The van der Waals surface area contributed by atoms with Crippen molar-refractivity contribution < 1.29 is 19.1 Å². The Morgan fingerprint density at radius 3 is 1.64 bits per heavy atom. The van der Waals surface area contributed by atoms with Gasteiger partial charge in [-0.15, -0.1) is 0 Å². The molecule has 0 saturated heterocycles. The molecule has 4 nitrogen and oxygen atoms in total. The predicted octanol–water partition coefficient (Wildman–Crippen LogP) is 6.63. The maximum atomic E-state index is 11.6. The maximum Gasteiger partial charge on any atom is 0.338 e. The third-order valence-corrected chi connectivity index (χ3v) is 6.44. The van der Waals surface area contributed by atoms with E-state index in [1.807, 2.05) is 36.4 Å². The second kappa shape index (κ2) is 12.2. The first kappa shape index (κ1) is 24.5. The van der Waals surface area contributed by atoms with Gasteiger partial charge in [-0.1, -0.05) is 63.1 Å². The van der Waals surface area contributed by atoms with Crippen molar-refractivity contribution in [3.63, 3.8) is 0 Å². The van der Waals surface area contributed by atoms with E-state index in [9.17, 15) is 9.59 Å². The van der Waals surface area contributed by atoms with E-state index in [2.05, 4.69) is 25.3 Å². The molecule has 1 saturated carbocycles. The van der Waals surface area contributed by atoms with Crippen LogP contribution in [0, 0.1) is 11.8 Å². The Morgan fingerprint density at radius 1 is 0.818 bits per heavy atom. The van der Waals surface area contributed by atoms with Gasteiger partial charge in [-0.2, -0.15) is 0 Å². The average molecular weight is 447 g/mol. The van der Waals surface area contributed by atoms with E-state index in [0.29, 0.717) is 17.1 Å². The number of benzene rings is 2. The molecule has 0 bridgehead atoms. The van der Waals surface area contributed by atoms with E-state index < -0.39 is 5.97 Å². The molecule has 33 heavy (non-hydrogen) atoms. The van der Waals surface area contributed by atoms with Gasteiger partial charge in [0.15, 0.2) is 0 Å². The third kappa shape index (κ3) is 8.05. The summed E-state index contributed by atoms with van der Waals surface area (Å²) in [5.41, 5.74) is 2.97. The lowest BCUT2D eigenvalue weighted by Gasteiger charge is -2.28. The highest BCUT2D eigenvalue weighted by Crippen LogP contribution is 2.34. The molecule has 4 heteroatoms. The molecule has 1 fully saturated rings. The highest BCUT2D eigenvalue weighted by molar-refractivity contribution is 5.88. The molecule has 174 valence electrons. The van der Waals surface area contributed by atoms with Crippen molar-refractivity contribution in [1.82, 2.24) is 0 Å². The molecule has 0 unspecified atom stereocenters. The monoisotopic (exact) mass is 446 g/mol. The number of ether oxygens (including phenoxy) is 2. The van der Waals surface area contributed by atoms with Crippen LogP contribution >= 0.6 is 0 Å². The van der Waals surface area contributed by atoms with E-state index in [-0.39, 0.29) is 5.97 Å². The normalized spacial score (nSPS) is 17.7. The number of aryl methyl sites for hydroxylation is 2. The topological polar surface area (TPSA) is 52.6 Å². The lowest BCUT2D eigenvalue weighted by Crippen LogP contribution is -2.15. The Hall–Kier alpha value is -3.14. The zero-order valence-electron chi connectivity index (χ0n) is 19.6. The van der Waals surface area contributed by atoms with Crippen molar-refractivity contribution >= 4 is 11.9 Å². The van der Waals surface area contributed by atoms with Crippen molar-refractivity contribution in [2.45, 2.75) is 58.3 Å². The molecule has 2 aromatic carbocycles. The average Bonchev–Trinajstić information content (AvgIpc) is 2.83.